The second-order valence-corrected chi connectivity index (χ2v) is 6.56. The molecule has 114 valence electrons. The van der Waals surface area contributed by atoms with Crippen LogP contribution in [0.4, 0.5) is 0 Å². The van der Waals surface area contributed by atoms with Crippen molar-refractivity contribution in [3.63, 3.8) is 0 Å². The van der Waals surface area contributed by atoms with Crippen LogP contribution in [0.15, 0.2) is 0 Å². The fourth-order valence-corrected chi connectivity index (χ4v) is 3.68. The van der Waals surface area contributed by atoms with Gasteiger partial charge in [-0.05, 0) is 31.6 Å². The molecule has 1 aliphatic heterocycles. The van der Waals surface area contributed by atoms with Crippen LogP contribution in [-0.4, -0.2) is 42.4 Å². The summed E-state index contributed by atoms with van der Waals surface area (Å²) in [6.07, 6.45) is 5.47. The molecular weight excluding hydrogens is 254 g/mol. The van der Waals surface area contributed by atoms with Crippen LogP contribution < -0.4 is 11.1 Å². The number of carbonyl (C=O) groups is 2. The molecule has 2 rings (SSSR count). The van der Waals surface area contributed by atoms with E-state index in [-0.39, 0.29) is 17.7 Å². The van der Waals surface area contributed by atoms with Crippen molar-refractivity contribution < 1.29 is 9.59 Å². The largest absolute Gasteiger partial charge is 0.359 e. The average Bonchev–Trinajstić information content (AvgIpc) is 2.45. The molecule has 0 aromatic carbocycles. The Bertz CT molecular complexity index is 385. The van der Waals surface area contributed by atoms with E-state index in [4.69, 9.17) is 5.73 Å². The molecule has 2 amide bonds. The molecule has 3 atom stereocenters. The lowest BCUT2D eigenvalue weighted by Crippen LogP contribution is -2.59. The van der Waals surface area contributed by atoms with Crippen molar-refractivity contribution in [1.82, 2.24) is 10.2 Å². The minimum absolute atomic E-state index is 0.0329. The van der Waals surface area contributed by atoms with Gasteiger partial charge in [0.1, 0.15) is 0 Å². The van der Waals surface area contributed by atoms with Crippen LogP contribution in [0.25, 0.3) is 0 Å². The average molecular weight is 281 g/mol. The van der Waals surface area contributed by atoms with Gasteiger partial charge in [-0.25, -0.2) is 0 Å². The molecule has 1 heterocycles. The first kappa shape index (κ1) is 15.3. The number of carbonyl (C=O) groups excluding carboxylic acids is 2. The van der Waals surface area contributed by atoms with E-state index in [1.807, 2.05) is 4.90 Å². The summed E-state index contributed by atoms with van der Waals surface area (Å²) >= 11 is 0. The van der Waals surface area contributed by atoms with E-state index in [9.17, 15) is 9.59 Å². The fraction of sp³-hybridized carbons (Fsp3) is 0.867. The Morgan fingerprint density at radius 2 is 2.05 bits per heavy atom. The van der Waals surface area contributed by atoms with E-state index in [1.165, 1.54) is 0 Å². The molecule has 2 aliphatic rings. The number of nitrogens with zero attached hydrogens (tertiary/aromatic N) is 1. The summed E-state index contributed by atoms with van der Waals surface area (Å²) in [7, 11) is 1.65. The molecule has 0 aromatic rings. The van der Waals surface area contributed by atoms with E-state index in [0.717, 1.165) is 45.1 Å². The number of hydrogen-bond acceptors (Lipinski definition) is 3. The van der Waals surface area contributed by atoms with Crippen molar-refractivity contribution in [1.29, 1.82) is 0 Å². The zero-order valence-corrected chi connectivity index (χ0v) is 12.7. The molecule has 3 unspecified atom stereocenters. The third-order valence-corrected chi connectivity index (χ3v) is 4.78. The second-order valence-electron chi connectivity index (χ2n) is 6.56. The summed E-state index contributed by atoms with van der Waals surface area (Å²) in [6.45, 7) is 3.42. The standard InChI is InChI=1S/C15H27N3O2/c1-11-5-3-7-15(16,9-11)14(20)18-8-4-6-12(10-18)13(19)17-2/h11-12H,3-10,16H2,1-2H3,(H,17,19). The minimum atomic E-state index is -0.706. The van der Waals surface area contributed by atoms with Crippen LogP contribution in [0.5, 0.6) is 0 Å². The summed E-state index contributed by atoms with van der Waals surface area (Å²) < 4.78 is 0. The van der Waals surface area contributed by atoms with Crippen LogP contribution in [0.2, 0.25) is 0 Å². The van der Waals surface area contributed by atoms with Gasteiger partial charge in [-0.2, -0.15) is 0 Å². The zero-order valence-electron chi connectivity index (χ0n) is 12.7. The molecule has 5 heteroatoms. The topological polar surface area (TPSA) is 75.4 Å². The van der Waals surface area contributed by atoms with Gasteiger partial charge in [0.2, 0.25) is 11.8 Å². The molecule has 1 saturated heterocycles. The number of amides is 2. The van der Waals surface area contributed by atoms with E-state index >= 15 is 0 Å². The van der Waals surface area contributed by atoms with Crippen LogP contribution in [0.1, 0.15) is 45.4 Å². The number of nitrogens with two attached hydrogens (primary N) is 1. The minimum Gasteiger partial charge on any atom is -0.359 e. The van der Waals surface area contributed by atoms with Gasteiger partial charge >= 0.3 is 0 Å². The van der Waals surface area contributed by atoms with Crippen molar-refractivity contribution in [2.75, 3.05) is 20.1 Å². The third-order valence-electron chi connectivity index (χ3n) is 4.78. The molecular formula is C15H27N3O2. The Balaban J connectivity index is 2.02. The number of nitrogens with one attached hydrogen (secondary N) is 1. The van der Waals surface area contributed by atoms with Crippen molar-refractivity contribution >= 4 is 11.8 Å². The molecule has 0 aromatic heterocycles. The molecule has 0 radical (unpaired) electrons. The number of likely N-dealkylation sites (tertiary alicyclic amines) is 1. The summed E-state index contributed by atoms with van der Waals surface area (Å²) in [4.78, 5) is 26.3. The monoisotopic (exact) mass is 281 g/mol. The zero-order chi connectivity index (χ0) is 14.8. The molecule has 5 nitrogen and oxygen atoms in total. The first-order valence-electron chi connectivity index (χ1n) is 7.76. The van der Waals surface area contributed by atoms with Crippen molar-refractivity contribution in [3.8, 4) is 0 Å². The highest BCUT2D eigenvalue weighted by Crippen LogP contribution is 2.32. The van der Waals surface area contributed by atoms with Gasteiger partial charge in [-0.1, -0.05) is 19.8 Å². The fourth-order valence-electron chi connectivity index (χ4n) is 3.68. The molecule has 1 saturated carbocycles. The summed E-state index contributed by atoms with van der Waals surface area (Å²) in [6, 6.07) is 0. The van der Waals surface area contributed by atoms with Crippen molar-refractivity contribution in [3.05, 3.63) is 0 Å². The molecule has 0 bridgehead atoms. The van der Waals surface area contributed by atoms with E-state index < -0.39 is 5.54 Å². The third kappa shape index (κ3) is 3.14. The lowest BCUT2D eigenvalue weighted by molar-refractivity contribution is -0.142. The maximum absolute atomic E-state index is 12.7. The lowest BCUT2D eigenvalue weighted by Gasteiger charge is -2.41. The molecule has 2 fully saturated rings. The predicted molar refractivity (Wildman–Crippen MR) is 77.9 cm³/mol. The number of hydrogen-bond donors (Lipinski definition) is 2. The summed E-state index contributed by atoms with van der Waals surface area (Å²) in [5.41, 5.74) is 5.68. The Kier molecular flexibility index (Phi) is 4.68. The van der Waals surface area contributed by atoms with Crippen LogP contribution in [0, 0.1) is 11.8 Å². The summed E-state index contributed by atoms with van der Waals surface area (Å²) in [5.74, 6) is 0.516. The highest BCUT2D eigenvalue weighted by atomic mass is 16.2. The van der Waals surface area contributed by atoms with E-state index in [1.54, 1.807) is 7.05 Å². The van der Waals surface area contributed by atoms with E-state index in [2.05, 4.69) is 12.2 Å². The van der Waals surface area contributed by atoms with Gasteiger partial charge in [0.05, 0.1) is 11.5 Å². The second kappa shape index (κ2) is 6.12. The predicted octanol–water partition coefficient (Wildman–Crippen LogP) is 0.879. The summed E-state index contributed by atoms with van der Waals surface area (Å²) in [5, 5.41) is 2.68. The van der Waals surface area contributed by atoms with Crippen LogP contribution >= 0.6 is 0 Å². The van der Waals surface area contributed by atoms with E-state index in [0.29, 0.717) is 12.5 Å². The van der Waals surface area contributed by atoms with Gasteiger partial charge in [-0.3, -0.25) is 9.59 Å². The SMILES string of the molecule is CNC(=O)C1CCCN(C(=O)C2(N)CCCC(C)C2)C1. The maximum Gasteiger partial charge on any atom is 0.242 e. The van der Waals surface area contributed by atoms with Crippen LogP contribution in [0.3, 0.4) is 0 Å². The Hall–Kier alpha value is -1.10. The normalized spacial score (nSPS) is 34.6. The van der Waals surface area contributed by atoms with Gasteiger partial charge < -0.3 is 16.0 Å². The smallest absolute Gasteiger partial charge is 0.242 e. The maximum atomic E-state index is 12.7. The number of piperidine rings is 1. The quantitative estimate of drug-likeness (QED) is 0.789. The highest BCUT2D eigenvalue weighted by molar-refractivity contribution is 5.87. The number of rotatable bonds is 2. The van der Waals surface area contributed by atoms with Crippen molar-refractivity contribution in [2.45, 2.75) is 51.0 Å². The first-order valence-corrected chi connectivity index (χ1v) is 7.76. The van der Waals surface area contributed by atoms with Gasteiger partial charge in [-0.15, -0.1) is 0 Å². The molecule has 1 aliphatic carbocycles. The molecule has 3 N–H and O–H groups in total. The van der Waals surface area contributed by atoms with Gasteiger partial charge in [0, 0.05) is 20.1 Å². The molecule has 0 spiro atoms. The van der Waals surface area contributed by atoms with Gasteiger partial charge in [0.25, 0.3) is 0 Å². The van der Waals surface area contributed by atoms with Gasteiger partial charge in [0.15, 0.2) is 0 Å². The van der Waals surface area contributed by atoms with Crippen LogP contribution in [-0.2, 0) is 9.59 Å². The Labute approximate surface area is 121 Å². The molecule has 20 heavy (non-hydrogen) atoms. The van der Waals surface area contributed by atoms with Crippen molar-refractivity contribution in [2.24, 2.45) is 17.6 Å². The highest BCUT2D eigenvalue weighted by Gasteiger charge is 2.42. The first-order chi connectivity index (χ1) is 9.46. The Morgan fingerprint density at radius 1 is 1.30 bits per heavy atom. The lowest BCUT2D eigenvalue weighted by atomic mass is 9.76. The Morgan fingerprint density at radius 3 is 2.70 bits per heavy atom.